The molecule has 5 aromatic rings. The van der Waals surface area contributed by atoms with Crippen molar-refractivity contribution in [1.29, 1.82) is 0 Å². The summed E-state index contributed by atoms with van der Waals surface area (Å²) in [6.45, 7) is -0.958. The predicted molar refractivity (Wildman–Crippen MR) is 191 cm³/mol. The van der Waals surface area contributed by atoms with E-state index in [4.69, 9.17) is 21.7 Å². The van der Waals surface area contributed by atoms with Gasteiger partial charge in [0.25, 0.3) is 20.2 Å². The monoisotopic (exact) mass is 798 g/mol. The summed E-state index contributed by atoms with van der Waals surface area (Å²) in [7, 11) is -1.02. The minimum Gasteiger partial charge on any atom is -0.426 e. The Morgan fingerprint density at radius 1 is 0.887 bits per heavy atom. The molecule has 0 aliphatic heterocycles. The van der Waals surface area contributed by atoms with Crippen molar-refractivity contribution in [3.05, 3.63) is 127 Å². The molecule has 18 nitrogen and oxygen atoms in total. The molecule has 0 fully saturated rings. The van der Waals surface area contributed by atoms with E-state index >= 15 is 0 Å². The molecule has 1 unspecified atom stereocenters. The summed E-state index contributed by atoms with van der Waals surface area (Å²) in [4.78, 5) is 60.8. The molecular formula is C31H22N6O12S4. The van der Waals surface area contributed by atoms with Gasteiger partial charge in [-0.3, -0.25) is 9.52 Å². The Kier molecular flexibility index (Phi) is 12.4. The lowest BCUT2D eigenvalue weighted by molar-refractivity contribution is -0.789. The van der Waals surface area contributed by atoms with E-state index in [1.165, 1.54) is 75.4 Å². The predicted octanol–water partition coefficient (Wildman–Crippen LogP) is 7.12. The number of nitrogens with zero attached hydrogens (tertiary/aromatic N) is 5. The first-order chi connectivity index (χ1) is 25.3. The van der Waals surface area contributed by atoms with Gasteiger partial charge in [-0.15, -0.1) is 20.2 Å². The molecule has 0 aliphatic rings. The van der Waals surface area contributed by atoms with Crippen LogP contribution in [0.2, 0.25) is 0 Å². The van der Waals surface area contributed by atoms with E-state index in [2.05, 4.69) is 29.6 Å². The Balaban J connectivity index is 1.36. The molecule has 0 aliphatic carbocycles. The number of esters is 2. The van der Waals surface area contributed by atoms with Gasteiger partial charge in [-0.2, -0.15) is 10.2 Å². The third-order valence-corrected chi connectivity index (χ3v) is 10.8. The zero-order valence-electron chi connectivity index (χ0n) is 26.5. The lowest BCUT2D eigenvalue weighted by Crippen LogP contribution is -2.29. The highest BCUT2D eigenvalue weighted by atomic mass is 32.9. The van der Waals surface area contributed by atoms with Gasteiger partial charge in [-0.05, 0) is 90.5 Å². The molecule has 3 aromatic carbocycles. The van der Waals surface area contributed by atoms with Gasteiger partial charge in [0, 0.05) is 11.1 Å². The van der Waals surface area contributed by atoms with Gasteiger partial charge in [-0.1, -0.05) is 39.0 Å². The van der Waals surface area contributed by atoms with Crippen LogP contribution in [0.5, 0.6) is 11.5 Å². The summed E-state index contributed by atoms with van der Waals surface area (Å²) < 4.78 is 39.4. The van der Waals surface area contributed by atoms with E-state index in [0.717, 1.165) is 14.3 Å². The number of azo groups is 1. The molecule has 0 radical (unpaired) electrons. The summed E-state index contributed by atoms with van der Waals surface area (Å²) in [6, 6.07) is 22.2. The van der Waals surface area contributed by atoms with E-state index in [1.54, 1.807) is 36.4 Å². The van der Waals surface area contributed by atoms with Crippen LogP contribution in [0, 0.1) is 24.1 Å². The van der Waals surface area contributed by atoms with Crippen molar-refractivity contribution in [1.82, 2.24) is 4.98 Å². The third-order valence-electron chi connectivity index (χ3n) is 6.55. The first kappa shape index (κ1) is 38.0. The number of carbonyl (C=O) groups excluding carboxylic acids is 2. The van der Waals surface area contributed by atoms with Crippen LogP contribution in [0.4, 0.5) is 17.2 Å². The van der Waals surface area contributed by atoms with Crippen LogP contribution in [0.25, 0.3) is 10.4 Å². The number of rotatable bonds is 16. The Morgan fingerprint density at radius 3 is 2.25 bits per heavy atom. The van der Waals surface area contributed by atoms with Crippen LogP contribution in [0.1, 0.15) is 16.8 Å². The van der Waals surface area contributed by atoms with Gasteiger partial charge in [0.15, 0.2) is 0 Å². The molecule has 5 rings (SSSR count). The van der Waals surface area contributed by atoms with E-state index in [9.17, 15) is 38.2 Å². The number of sulfonamides is 1. The summed E-state index contributed by atoms with van der Waals surface area (Å²) in [5.41, 5.74) is 0.838. The average molecular weight is 799 g/mol. The number of anilines is 1. The summed E-state index contributed by atoms with van der Waals surface area (Å²) in [5, 5.41) is 27.1. The summed E-state index contributed by atoms with van der Waals surface area (Å²) in [5.74, 6) is -2.24. The lowest BCUT2D eigenvalue weighted by Gasteiger charge is -2.14. The molecule has 0 amide bonds. The highest BCUT2D eigenvalue weighted by molar-refractivity contribution is 7.92. The van der Waals surface area contributed by atoms with Crippen LogP contribution in [0.3, 0.4) is 0 Å². The van der Waals surface area contributed by atoms with E-state index in [0.29, 0.717) is 0 Å². The van der Waals surface area contributed by atoms with Gasteiger partial charge < -0.3 is 19.1 Å². The number of benzene rings is 3. The maximum Gasteiger partial charge on any atom is 0.347 e. The molecule has 53 heavy (non-hydrogen) atoms. The Bertz CT molecular complexity index is 2320. The third kappa shape index (κ3) is 11.1. The molecule has 0 saturated heterocycles. The first-order valence-electron chi connectivity index (χ1n) is 14.7. The smallest absolute Gasteiger partial charge is 0.347 e. The second-order valence-electron chi connectivity index (χ2n) is 10.3. The second kappa shape index (κ2) is 17.3. The highest BCUT2D eigenvalue weighted by Crippen LogP contribution is 2.32. The fraction of sp³-hybridized carbons (Fsp3) is 0.0968. The van der Waals surface area contributed by atoms with Crippen molar-refractivity contribution in [3.63, 3.8) is 0 Å². The molecule has 272 valence electrons. The number of hydrogen-bond donors (Lipinski definition) is 1. The Labute approximate surface area is 310 Å². The van der Waals surface area contributed by atoms with Crippen LogP contribution >= 0.6 is 32.9 Å². The largest absolute Gasteiger partial charge is 0.426 e. The number of nitrogens with one attached hydrogen (secondary N) is 1. The van der Waals surface area contributed by atoms with Gasteiger partial charge in [-0.25, -0.2) is 18.2 Å². The second-order valence-corrected chi connectivity index (χ2v) is 14.8. The van der Waals surface area contributed by atoms with Gasteiger partial charge in [0.1, 0.15) is 39.4 Å². The van der Waals surface area contributed by atoms with E-state index in [1.807, 2.05) is 6.07 Å². The molecule has 2 aromatic heterocycles. The number of carbonyl (C=O) groups is 2. The molecule has 0 saturated carbocycles. The Hall–Kier alpha value is -6.23. The van der Waals surface area contributed by atoms with Crippen molar-refractivity contribution < 1.29 is 47.3 Å². The fourth-order valence-electron chi connectivity index (χ4n) is 4.22. The first-order valence-corrected chi connectivity index (χ1v) is 18.7. The maximum atomic E-state index is 13.4. The van der Waals surface area contributed by atoms with Crippen LogP contribution in [-0.4, -0.2) is 48.2 Å². The number of aromatic nitrogens is 1. The molecule has 2 heterocycles. The zero-order valence-corrected chi connectivity index (χ0v) is 29.8. The topological polar surface area (TPSA) is 241 Å². The molecule has 22 heteroatoms. The van der Waals surface area contributed by atoms with Gasteiger partial charge in [0.05, 0.1) is 22.7 Å². The normalized spacial score (nSPS) is 11.7. The minimum absolute atomic E-state index is 0.0665. The molecule has 1 atom stereocenters. The standard InChI is InChI=1S/C31H22N6O12S4/c38-29(16-23(49-37(42)43)18-46-36(40)41)48-26-13-8-21(15-25(26)31(39)47-22-9-4-19(5-10-22)27-17-30(50)52-51-27)34-33-20-6-11-24(12-7-20)53(44,45)35-28-3-1-2-14-32-28/h1-15,17,23H,16,18H2,(H,32,35). The zero-order chi connectivity index (χ0) is 38.0. The van der Waals surface area contributed by atoms with Crippen molar-refractivity contribution in [2.24, 2.45) is 10.2 Å². The van der Waals surface area contributed by atoms with E-state index < -0.39 is 51.3 Å². The number of hydrogen-bond acceptors (Lipinski definition) is 18. The average Bonchev–Trinajstić information content (AvgIpc) is 3.56. The van der Waals surface area contributed by atoms with Crippen LogP contribution < -0.4 is 14.2 Å². The molecule has 0 bridgehead atoms. The van der Waals surface area contributed by atoms with Gasteiger partial charge >= 0.3 is 11.9 Å². The molecule has 0 spiro atoms. The quantitative estimate of drug-likeness (QED) is 0.0199. The van der Waals surface area contributed by atoms with Crippen LogP contribution in [0.15, 0.2) is 112 Å². The van der Waals surface area contributed by atoms with Crippen molar-refractivity contribution >= 4 is 72.1 Å². The SMILES string of the molecule is O=C(CC(CO[N+](=O)[O-])O[N+](=O)[O-])Oc1ccc(N=Nc2ccc(S(=O)(=O)Nc3ccccn3)cc2)cc1C(=O)Oc1ccc(-c2cc(=S)ss2)cc1. The number of ether oxygens (including phenoxy) is 2. The maximum absolute atomic E-state index is 13.4. The molecule has 1 N–H and O–H groups in total. The van der Waals surface area contributed by atoms with E-state index in [-0.39, 0.29) is 39.2 Å². The Morgan fingerprint density at radius 2 is 1.60 bits per heavy atom. The molecular weight excluding hydrogens is 777 g/mol. The summed E-state index contributed by atoms with van der Waals surface area (Å²) >= 11 is 5.18. The lowest BCUT2D eigenvalue weighted by atomic mass is 10.1. The summed E-state index contributed by atoms with van der Waals surface area (Å²) in [6.07, 6.45) is -1.14. The van der Waals surface area contributed by atoms with Crippen molar-refractivity contribution in [3.8, 4) is 21.9 Å². The van der Waals surface area contributed by atoms with Crippen molar-refractivity contribution in [2.45, 2.75) is 17.4 Å². The highest BCUT2D eigenvalue weighted by Gasteiger charge is 2.24. The van der Waals surface area contributed by atoms with Gasteiger partial charge in [0.2, 0.25) is 0 Å². The minimum atomic E-state index is -3.95. The number of pyridine rings is 1. The fourth-order valence-corrected chi connectivity index (χ4v) is 7.63. The van der Waals surface area contributed by atoms with Crippen molar-refractivity contribution in [2.75, 3.05) is 11.3 Å². The van der Waals surface area contributed by atoms with Crippen LogP contribution in [-0.2, 0) is 24.5 Å².